The number of anilines is 2. The topological polar surface area (TPSA) is 102 Å². The maximum absolute atomic E-state index is 12.2. The Hall–Kier alpha value is -2.90. The van der Waals surface area contributed by atoms with E-state index < -0.39 is 10.8 Å². The summed E-state index contributed by atoms with van der Waals surface area (Å²) in [5.41, 5.74) is 0.565. The summed E-state index contributed by atoms with van der Waals surface area (Å²) < 4.78 is 1.53. The van der Waals surface area contributed by atoms with Crippen LogP contribution in [0.3, 0.4) is 0 Å². The minimum absolute atomic E-state index is 0.00213. The average molecular weight is 289 g/mol. The van der Waals surface area contributed by atoms with Crippen LogP contribution >= 0.6 is 0 Å². The number of nitro benzene ring substituents is 1. The van der Waals surface area contributed by atoms with E-state index in [2.05, 4.69) is 15.7 Å². The molecule has 0 fully saturated rings. The van der Waals surface area contributed by atoms with Crippen molar-refractivity contribution >= 4 is 23.0 Å². The van der Waals surface area contributed by atoms with Crippen molar-refractivity contribution in [1.82, 2.24) is 9.78 Å². The zero-order valence-corrected chi connectivity index (χ0v) is 11.7. The van der Waals surface area contributed by atoms with Gasteiger partial charge in [0.15, 0.2) is 0 Å². The molecule has 110 valence electrons. The van der Waals surface area contributed by atoms with Gasteiger partial charge in [0.1, 0.15) is 11.3 Å². The Balaban J connectivity index is 2.35. The Labute approximate surface area is 120 Å². The molecule has 1 amide bonds. The Morgan fingerprint density at radius 1 is 1.48 bits per heavy atom. The van der Waals surface area contributed by atoms with Crippen LogP contribution in [0.1, 0.15) is 17.3 Å². The van der Waals surface area contributed by atoms with Crippen LogP contribution in [0.5, 0.6) is 0 Å². The maximum Gasteiger partial charge on any atom is 0.305 e. The number of hydrogen-bond donors (Lipinski definition) is 2. The lowest BCUT2D eigenvalue weighted by Crippen LogP contribution is -2.15. The van der Waals surface area contributed by atoms with Gasteiger partial charge in [-0.25, -0.2) is 0 Å². The van der Waals surface area contributed by atoms with Gasteiger partial charge < -0.3 is 10.6 Å². The molecule has 8 heteroatoms. The molecule has 0 unspecified atom stereocenters. The maximum atomic E-state index is 12.2. The number of amides is 1. The van der Waals surface area contributed by atoms with E-state index in [9.17, 15) is 14.9 Å². The van der Waals surface area contributed by atoms with E-state index in [4.69, 9.17) is 0 Å². The smallest absolute Gasteiger partial charge is 0.305 e. The molecule has 0 aliphatic carbocycles. The molecule has 2 N–H and O–H groups in total. The number of rotatable bonds is 5. The lowest BCUT2D eigenvalue weighted by atomic mass is 10.1. The minimum Gasteiger partial charge on any atom is -0.380 e. The second-order valence-electron chi connectivity index (χ2n) is 4.35. The Morgan fingerprint density at radius 3 is 2.81 bits per heavy atom. The van der Waals surface area contributed by atoms with Gasteiger partial charge in [-0.15, -0.1) is 0 Å². The van der Waals surface area contributed by atoms with Crippen LogP contribution in [0.25, 0.3) is 0 Å². The highest BCUT2D eigenvalue weighted by molar-refractivity contribution is 6.08. The van der Waals surface area contributed by atoms with Crippen molar-refractivity contribution in [2.75, 3.05) is 17.2 Å². The number of aromatic nitrogens is 2. The third-order valence-corrected chi connectivity index (χ3v) is 2.79. The van der Waals surface area contributed by atoms with E-state index in [0.717, 1.165) is 0 Å². The summed E-state index contributed by atoms with van der Waals surface area (Å²) in [4.78, 5) is 22.9. The van der Waals surface area contributed by atoms with Crippen molar-refractivity contribution in [2.24, 2.45) is 7.05 Å². The Bertz CT molecular complexity index is 680. The van der Waals surface area contributed by atoms with Crippen molar-refractivity contribution < 1.29 is 9.72 Å². The standard InChI is InChI=1S/C13H15N5O3/c1-3-14-11-6-4-5-10(12(11)18(20)21)13(19)16-9-7-15-17(2)8-9/h4-8,14H,3H2,1-2H3,(H,16,19). The number of carbonyl (C=O) groups excluding carboxylic acids is 1. The van der Waals surface area contributed by atoms with Crippen molar-refractivity contribution in [1.29, 1.82) is 0 Å². The summed E-state index contributed by atoms with van der Waals surface area (Å²) in [6.45, 7) is 2.35. The second-order valence-corrected chi connectivity index (χ2v) is 4.35. The molecular weight excluding hydrogens is 274 g/mol. The van der Waals surface area contributed by atoms with Crippen LogP contribution in [0.2, 0.25) is 0 Å². The number of aryl methyl sites for hydroxylation is 1. The number of nitrogens with zero attached hydrogens (tertiary/aromatic N) is 3. The van der Waals surface area contributed by atoms with E-state index in [-0.39, 0.29) is 11.3 Å². The van der Waals surface area contributed by atoms with Crippen LogP contribution in [0.15, 0.2) is 30.6 Å². The lowest BCUT2D eigenvalue weighted by molar-refractivity contribution is -0.384. The van der Waals surface area contributed by atoms with E-state index in [1.165, 1.54) is 16.9 Å². The molecule has 0 saturated carbocycles. The average Bonchev–Trinajstić information content (AvgIpc) is 2.84. The van der Waals surface area contributed by atoms with E-state index in [1.807, 2.05) is 6.92 Å². The highest BCUT2D eigenvalue weighted by Crippen LogP contribution is 2.29. The number of para-hydroxylation sites is 1. The summed E-state index contributed by atoms with van der Waals surface area (Å²) in [6, 6.07) is 4.59. The number of nitro groups is 1. The normalized spacial score (nSPS) is 10.2. The summed E-state index contributed by atoms with van der Waals surface area (Å²) in [6.07, 6.45) is 3.08. The largest absolute Gasteiger partial charge is 0.380 e. The Morgan fingerprint density at radius 2 is 2.24 bits per heavy atom. The first-order valence-corrected chi connectivity index (χ1v) is 6.34. The van der Waals surface area contributed by atoms with Gasteiger partial charge in [0.25, 0.3) is 5.91 Å². The molecule has 0 saturated heterocycles. The predicted molar refractivity (Wildman–Crippen MR) is 78.4 cm³/mol. The molecule has 1 aromatic heterocycles. The van der Waals surface area contributed by atoms with Gasteiger partial charge in [-0.1, -0.05) is 6.07 Å². The fraction of sp³-hybridized carbons (Fsp3) is 0.231. The van der Waals surface area contributed by atoms with E-state index in [0.29, 0.717) is 17.9 Å². The first-order chi connectivity index (χ1) is 10.0. The Kier molecular flexibility index (Phi) is 4.17. The molecule has 1 heterocycles. The molecule has 0 spiro atoms. The van der Waals surface area contributed by atoms with Crippen molar-refractivity contribution in [3.63, 3.8) is 0 Å². The SMILES string of the molecule is CCNc1cccc(C(=O)Nc2cnn(C)c2)c1[N+](=O)[O-]. The third kappa shape index (κ3) is 3.16. The van der Waals surface area contributed by atoms with Crippen LogP contribution < -0.4 is 10.6 Å². The molecule has 0 bridgehead atoms. The molecule has 21 heavy (non-hydrogen) atoms. The zero-order valence-electron chi connectivity index (χ0n) is 11.7. The molecule has 8 nitrogen and oxygen atoms in total. The first-order valence-electron chi connectivity index (χ1n) is 6.34. The molecule has 0 aliphatic heterocycles. The van der Waals surface area contributed by atoms with Gasteiger partial charge in [0.2, 0.25) is 0 Å². The molecule has 0 aliphatic rings. The van der Waals surface area contributed by atoms with Crippen LogP contribution in [-0.2, 0) is 7.05 Å². The summed E-state index contributed by atoms with van der Waals surface area (Å²) >= 11 is 0. The van der Waals surface area contributed by atoms with Gasteiger partial charge in [-0.2, -0.15) is 5.10 Å². The zero-order chi connectivity index (χ0) is 15.4. The molecular formula is C13H15N5O3. The minimum atomic E-state index is -0.559. The van der Waals surface area contributed by atoms with Crippen molar-refractivity contribution in [2.45, 2.75) is 6.92 Å². The number of benzene rings is 1. The second kappa shape index (κ2) is 6.04. The number of carbonyl (C=O) groups is 1. The predicted octanol–water partition coefficient (Wildman–Crippen LogP) is 2.01. The van der Waals surface area contributed by atoms with Crippen LogP contribution in [0, 0.1) is 10.1 Å². The molecule has 2 aromatic rings. The number of hydrogen-bond acceptors (Lipinski definition) is 5. The molecule has 0 radical (unpaired) electrons. The van der Waals surface area contributed by atoms with E-state index >= 15 is 0 Å². The fourth-order valence-corrected chi connectivity index (χ4v) is 1.94. The van der Waals surface area contributed by atoms with Crippen LogP contribution in [0.4, 0.5) is 17.1 Å². The summed E-state index contributed by atoms with van der Waals surface area (Å²) in [7, 11) is 1.71. The van der Waals surface area contributed by atoms with Gasteiger partial charge >= 0.3 is 5.69 Å². The quantitative estimate of drug-likeness (QED) is 0.647. The van der Waals surface area contributed by atoms with Crippen molar-refractivity contribution in [3.05, 3.63) is 46.3 Å². The summed E-state index contributed by atoms with van der Waals surface area (Å²) in [5.74, 6) is -0.547. The molecule has 0 atom stereocenters. The number of nitrogens with one attached hydrogen (secondary N) is 2. The van der Waals surface area contributed by atoms with Gasteiger partial charge in [-0.05, 0) is 19.1 Å². The summed E-state index contributed by atoms with van der Waals surface area (Å²) in [5, 5.41) is 20.6. The van der Waals surface area contributed by atoms with Crippen LogP contribution in [-0.4, -0.2) is 27.2 Å². The van der Waals surface area contributed by atoms with Gasteiger partial charge in [0, 0.05) is 19.8 Å². The van der Waals surface area contributed by atoms with E-state index in [1.54, 1.807) is 25.4 Å². The van der Waals surface area contributed by atoms with Crippen molar-refractivity contribution in [3.8, 4) is 0 Å². The molecule has 2 rings (SSSR count). The highest BCUT2D eigenvalue weighted by Gasteiger charge is 2.24. The van der Waals surface area contributed by atoms with Gasteiger partial charge in [0.05, 0.1) is 16.8 Å². The third-order valence-electron chi connectivity index (χ3n) is 2.79. The van der Waals surface area contributed by atoms with Gasteiger partial charge in [-0.3, -0.25) is 19.6 Å². The molecule has 1 aromatic carbocycles. The fourth-order valence-electron chi connectivity index (χ4n) is 1.94. The monoisotopic (exact) mass is 289 g/mol. The lowest BCUT2D eigenvalue weighted by Gasteiger charge is -2.08. The first kappa shape index (κ1) is 14.5. The highest BCUT2D eigenvalue weighted by atomic mass is 16.6.